The molecule has 0 aliphatic rings. The zero-order valence-electron chi connectivity index (χ0n) is 12.9. The molecule has 0 saturated carbocycles. The van der Waals surface area contributed by atoms with Crippen molar-refractivity contribution in [2.75, 3.05) is 18.9 Å². The highest BCUT2D eigenvalue weighted by atomic mass is 19.1. The van der Waals surface area contributed by atoms with Crippen LogP contribution in [-0.4, -0.2) is 30.4 Å². The van der Waals surface area contributed by atoms with Crippen LogP contribution in [0.5, 0.6) is 0 Å². The number of nitrogens with zero attached hydrogens (tertiary/aromatic N) is 1. The lowest BCUT2D eigenvalue weighted by atomic mass is 10.1. The molecule has 0 aromatic heterocycles. The molecule has 1 aromatic rings. The number of rotatable bonds is 7. The first-order valence-corrected chi connectivity index (χ1v) is 7.33. The first kappa shape index (κ1) is 16.5. The number of carbonyl (C=O) groups excluding carboxylic acids is 1. The Balaban J connectivity index is 3.08. The molecule has 1 aromatic carbocycles. The third kappa shape index (κ3) is 3.71. The number of benzene rings is 1. The third-order valence-corrected chi connectivity index (χ3v) is 3.63. The highest BCUT2D eigenvalue weighted by molar-refractivity contribution is 5.99. The van der Waals surface area contributed by atoms with Crippen molar-refractivity contribution in [3.8, 4) is 0 Å². The molecule has 0 heterocycles. The van der Waals surface area contributed by atoms with Crippen LogP contribution in [0.3, 0.4) is 0 Å². The first-order valence-electron chi connectivity index (χ1n) is 7.33. The summed E-state index contributed by atoms with van der Waals surface area (Å²) in [7, 11) is 1.63. The molecule has 0 saturated heterocycles. The van der Waals surface area contributed by atoms with Gasteiger partial charge in [0.15, 0.2) is 0 Å². The molecule has 112 valence electrons. The van der Waals surface area contributed by atoms with Crippen LogP contribution in [0.25, 0.3) is 0 Å². The normalized spacial score (nSPS) is 12.1. The monoisotopic (exact) mass is 280 g/mol. The lowest BCUT2D eigenvalue weighted by molar-refractivity contribution is 0.0686. The Morgan fingerprint density at radius 2 is 2.10 bits per heavy atom. The van der Waals surface area contributed by atoms with Crippen LogP contribution in [-0.2, 0) is 0 Å². The van der Waals surface area contributed by atoms with Gasteiger partial charge in [-0.3, -0.25) is 4.79 Å². The Labute approximate surface area is 121 Å². The van der Waals surface area contributed by atoms with Crippen LogP contribution in [0.4, 0.5) is 10.1 Å². The molecule has 1 atom stereocenters. The Hall–Kier alpha value is -1.58. The van der Waals surface area contributed by atoms with Crippen LogP contribution in [0, 0.1) is 5.82 Å². The quantitative estimate of drug-likeness (QED) is 0.821. The Bertz CT molecular complexity index is 448. The minimum absolute atomic E-state index is 0.100. The summed E-state index contributed by atoms with van der Waals surface area (Å²) in [6, 6.07) is 4.78. The van der Waals surface area contributed by atoms with E-state index in [1.807, 2.05) is 11.8 Å². The second-order valence-electron chi connectivity index (χ2n) is 5.02. The van der Waals surface area contributed by atoms with E-state index < -0.39 is 5.82 Å². The van der Waals surface area contributed by atoms with Crippen molar-refractivity contribution in [3.63, 3.8) is 0 Å². The van der Waals surface area contributed by atoms with E-state index in [4.69, 9.17) is 0 Å². The van der Waals surface area contributed by atoms with Crippen LogP contribution >= 0.6 is 0 Å². The number of hydrogen-bond acceptors (Lipinski definition) is 2. The number of halogens is 1. The van der Waals surface area contributed by atoms with Crippen molar-refractivity contribution in [2.45, 2.75) is 46.1 Å². The van der Waals surface area contributed by atoms with E-state index in [0.29, 0.717) is 12.1 Å². The summed E-state index contributed by atoms with van der Waals surface area (Å²) in [5, 5.41) is 2.79. The van der Waals surface area contributed by atoms with Crippen molar-refractivity contribution in [1.82, 2.24) is 4.90 Å². The van der Waals surface area contributed by atoms with Crippen molar-refractivity contribution in [3.05, 3.63) is 29.6 Å². The van der Waals surface area contributed by atoms with E-state index in [0.717, 1.165) is 19.3 Å². The van der Waals surface area contributed by atoms with Gasteiger partial charge in [0.05, 0.1) is 11.3 Å². The zero-order valence-corrected chi connectivity index (χ0v) is 12.9. The Morgan fingerprint density at radius 1 is 1.40 bits per heavy atom. The van der Waals surface area contributed by atoms with Crippen molar-refractivity contribution in [2.24, 2.45) is 0 Å². The number of para-hydroxylation sites is 1. The summed E-state index contributed by atoms with van der Waals surface area (Å²) in [5.74, 6) is -0.491. The lowest BCUT2D eigenvalue weighted by Gasteiger charge is -2.29. The first-order chi connectivity index (χ1) is 9.56. The van der Waals surface area contributed by atoms with E-state index >= 15 is 0 Å². The predicted octanol–water partition coefficient (Wildman–Crippen LogP) is 3.91. The zero-order chi connectivity index (χ0) is 15.1. The Morgan fingerprint density at radius 3 is 2.65 bits per heavy atom. The molecule has 1 unspecified atom stereocenters. The van der Waals surface area contributed by atoms with Gasteiger partial charge in [-0.2, -0.15) is 0 Å². The minimum Gasteiger partial charge on any atom is -0.385 e. The molecule has 20 heavy (non-hydrogen) atoms. The van der Waals surface area contributed by atoms with Gasteiger partial charge in [0, 0.05) is 19.6 Å². The maximum Gasteiger partial charge on any atom is 0.256 e. The van der Waals surface area contributed by atoms with Crippen LogP contribution in [0.15, 0.2) is 18.2 Å². The summed E-state index contributed by atoms with van der Waals surface area (Å²) in [6.07, 6.45) is 2.88. The molecule has 1 rings (SSSR count). The predicted molar refractivity (Wildman–Crippen MR) is 81.6 cm³/mol. The molecular weight excluding hydrogens is 255 g/mol. The van der Waals surface area contributed by atoms with Crippen LogP contribution in [0.2, 0.25) is 0 Å². The van der Waals surface area contributed by atoms with Gasteiger partial charge in [0.1, 0.15) is 5.82 Å². The molecule has 0 fully saturated rings. The average molecular weight is 280 g/mol. The van der Waals surface area contributed by atoms with Gasteiger partial charge in [-0.05, 0) is 31.9 Å². The SMILES string of the molecule is CCCCN(C(=O)c1cccc(F)c1NC)C(C)CC. The largest absolute Gasteiger partial charge is 0.385 e. The molecule has 0 radical (unpaired) electrons. The van der Waals surface area contributed by atoms with Gasteiger partial charge in [-0.25, -0.2) is 4.39 Å². The summed E-state index contributed by atoms with van der Waals surface area (Å²) in [6.45, 7) is 6.90. The fourth-order valence-corrected chi connectivity index (χ4v) is 2.18. The minimum atomic E-state index is -0.391. The second-order valence-corrected chi connectivity index (χ2v) is 5.02. The third-order valence-electron chi connectivity index (χ3n) is 3.63. The summed E-state index contributed by atoms with van der Waals surface area (Å²) < 4.78 is 13.8. The highest BCUT2D eigenvalue weighted by Gasteiger charge is 2.23. The Kier molecular flexibility index (Phi) is 6.49. The van der Waals surface area contributed by atoms with Crippen LogP contribution in [0.1, 0.15) is 50.4 Å². The number of carbonyl (C=O) groups is 1. The van der Waals surface area contributed by atoms with Gasteiger partial charge in [-0.15, -0.1) is 0 Å². The fraction of sp³-hybridized carbons (Fsp3) is 0.562. The summed E-state index contributed by atoms with van der Waals surface area (Å²) in [4.78, 5) is 14.5. The maximum absolute atomic E-state index is 13.8. The second kappa shape index (κ2) is 7.88. The van der Waals surface area contributed by atoms with Gasteiger partial charge in [0.25, 0.3) is 5.91 Å². The molecule has 0 aliphatic carbocycles. The van der Waals surface area contributed by atoms with E-state index in [9.17, 15) is 9.18 Å². The molecule has 0 spiro atoms. The smallest absolute Gasteiger partial charge is 0.256 e. The van der Waals surface area contributed by atoms with Gasteiger partial charge >= 0.3 is 0 Å². The number of unbranched alkanes of at least 4 members (excludes halogenated alkanes) is 1. The molecule has 0 aliphatic heterocycles. The number of amides is 1. The maximum atomic E-state index is 13.8. The average Bonchev–Trinajstić information content (AvgIpc) is 2.46. The standard InChI is InChI=1S/C16H25FN2O/c1-5-7-11-19(12(3)6-2)16(20)13-9-8-10-14(17)15(13)18-4/h8-10,12,18H,5-7,11H2,1-4H3. The topological polar surface area (TPSA) is 32.3 Å². The molecular formula is C16H25FN2O. The van der Waals surface area contributed by atoms with E-state index in [1.54, 1.807) is 19.2 Å². The number of nitrogens with one attached hydrogen (secondary N) is 1. The van der Waals surface area contributed by atoms with Gasteiger partial charge in [-0.1, -0.05) is 26.3 Å². The van der Waals surface area contributed by atoms with E-state index in [2.05, 4.69) is 19.2 Å². The highest BCUT2D eigenvalue weighted by Crippen LogP contribution is 2.22. The molecule has 4 heteroatoms. The molecule has 3 nitrogen and oxygen atoms in total. The summed E-state index contributed by atoms with van der Waals surface area (Å²) in [5.41, 5.74) is 0.686. The molecule has 0 bridgehead atoms. The van der Waals surface area contributed by atoms with E-state index in [1.165, 1.54) is 6.07 Å². The summed E-state index contributed by atoms with van der Waals surface area (Å²) >= 11 is 0. The van der Waals surface area contributed by atoms with Gasteiger partial charge < -0.3 is 10.2 Å². The number of hydrogen-bond donors (Lipinski definition) is 1. The van der Waals surface area contributed by atoms with Gasteiger partial charge in [0.2, 0.25) is 0 Å². The van der Waals surface area contributed by atoms with Crippen LogP contribution < -0.4 is 5.32 Å². The van der Waals surface area contributed by atoms with Crippen molar-refractivity contribution >= 4 is 11.6 Å². The van der Waals surface area contributed by atoms with E-state index in [-0.39, 0.29) is 17.6 Å². The molecule has 1 amide bonds. The molecule has 1 N–H and O–H groups in total. The fourth-order valence-electron chi connectivity index (χ4n) is 2.18. The van der Waals surface area contributed by atoms with Crippen molar-refractivity contribution in [1.29, 1.82) is 0 Å². The number of anilines is 1. The lowest BCUT2D eigenvalue weighted by Crippen LogP contribution is -2.39. The van der Waals surface area contributed by atoms with Crippen molar-refractivity contribution < 1.29 is 9.18 Å².